The molecule has 1 aromatic carbocycles. The number of amidine groups is 1. The topological polar surface area (TPSA) is 41.8 Å². The Morgan fingerprint density at radius 3 is 2.73 bits per heavy atom. The summed E-state index contributed by atoms with van der Waals surface area (Å²) < 4.78 is 0. The third kappa shape index (κ3) is 1.80. The van der Waals surface area contributed by atoms with Crippen molar-refractivity contribution in [2.45, 2.75) is 0 Å². The maximum atomic E-state index is 11.5. The van der Waals surface area contributed by atoms with Gasteiger partial charge < -0.3 is 0 Å². The Balaban J connectivity index is 2.76. The molecule has 0 aliphatic carbocycles. The highest BCUT2D eigenvalue weighted by molar-refractivity contribution is 6.31. The zero-order valence-electron chi connectivity index (χ0n) is 7.63. The number of benzene rings is 1. The summed E-state index contributed by atoms with van der Waals surface area (Å²) in [7, 11) is 0. The molecule has 76 valence electrons. The van der Waals surface area contributed by atoms with Crippen molar-refractivity contribution in [1.82, 2.24) is 0 Å². The first-order valence-corrected chi connectivity index (χ1v) is 5.08. The number of hydrogen-bond donors (Lipinski definition) is 0. The first-order valence-electron chi connectivity index (χ1n) is 4.17. The van der Waals surface area contributed by atoms with Crippen LogP contribution in [0.25, 0.3) is 6.58 Å². The van der Waals surface area contributed by atoms with E-state index < -0.39 is 0 Å². The average Bonchev–Trinajstić information content (AvgIpc) is 2.21. The van der Waals surface area contributed by atoms with Crippen LogP contribution in [0.15, 0.2) is 22.1 Å². The van der Waals surface area contributed by atoms with Crippen LogP contribution in [0.2, 0.25) is 5.02 Å². The summed E-state index contributed by atoms with van der Waals surface area (Å²) in [6.45, 7) is 3.70. The van der Waals surface area contributed by atoms with E-state index in [4.69, 9.17) is 23.2 Å². The number of carbonyl (C=O) groups is 1. The standard InChI is InChI=1S/C10H6Cl2N2O/c1-5-2-6-8(3-7(5)12)13-9(4-11)14-10(6)15/h2-3H,1,4H2. The molecule has 0 saturated heterocycles. The lowest BCUT2D eigenvalue weighted by Gasteiger charge is -2.05. The zero-order chi connectivity index (χ0) is 11.0. The highest BCUT2D eigenvalue weighted by Gasteiger charge is 2.14. The molecule has 0 saturated carbocycles. The zero-order valence-corrected chi connectivity index (χ0v) is 9.14. The van der Waals surface area contributed by atoms with Crippen LogP contribution in [0.1, 0.15) is 10.4 Å². The van der Waals surface area contributed by atoms with Crippen molar-refractivity contribution in [3.63, 3.8) is 0 Å². The number of amides is 1. The van der Waals surface area contributed by atoms with Gasteiger partial charge in [-0.15, -0.1) is 11.6 Å². The number of nitrogens with zero attached hydrogens (tertiary/aromatic N) is 2. The van der Waals surface area contributed by atoms with Gasteiger partial charge in [-0.05, 0) is 17.4 Å². The second-order valence-corrected chi connectivity index (χ2v) is 3.71. The SMILES string of the molecule is C=c1cc2c(cc1Cl)=NC(CCl)=NC2=O. The van der Waals surface area contributed by atoms with Gasteiger partial charge in [0.25, 0.3) is 5.91 Å². The molecule has 0 N–H and O–H groups in total. The van der Waals surface area contributed by atoms with E-state index in [1.54, 1.807) is 12.1 Å². The van der Waals surface area contributed by atoms with E-state index in [1.807, 2.05) is 0 Å². The fraction of sp³-hybridized carbons (Fsp3) is 0.100. The van der Waals surface area contributed by atoms with Crippen molar-refractivity contribution < 1.29 is 4.79 Å². The number of aliphatic imine (C=N–C) groups is 1. The van der Waals surface area contributed by atoms with Crippen molar-refractivity contribution in [2.75, 3.05) is 5.88 Å². The van der Waals surface area contributed by atoms with Crippen molar-refractivity contribution in [1.29, 1.82) is 0 Å². The van der Waals surface area contributed by atoms with Crippen molar-refractivity contribution >= 4 is 41.5 Å². The molecule has 15 heavy (non-hydrogen) atoms. The fourth-order valence-corrected chi connectivity index (χ4v) is 1.55. The molecular weight excluding hydrogens is 235 g/mol. The summed E-state index contributed by atoms with van der Waals surface area (Å²) in [5.74, 6) is 0.0637. The van der Waals surface area contributed by atoms with Crippen LogP contribution in [-0.2, 0) is 0 Å². The van der Waals surface area contributed by atoms with Crippen LogP contribution in [0, 0.1) is 0 Å². The van der Waals surface area contributed by atoms with Crippen LogP contribution >= 0.6 is 23.2 Å². The van der Waals surface area contributed by atoms with Gasteiger partial charge in [-0.1, -0.05) is 18.2 Å². The maximum absolute atomic E-state index is 11.5. The summed E-state index contributed by atoms with van der Waals surface area (Å²) in [6, 6.07) is 3.18. The van der Waals surface area contributed by atoms with Gasteiger partial charge in [0.1, 0.15) is 5.84 Å². The lowest BCUT2D eigenvalue weighted by Crippen LogP contribution is -2.25. The molecule has 1 aromatic rings. The molecule has 0 bridgehead atoms. The Hall–Kier alpha value is -1.19. The average molecular weight is 241 g/mol. The molecular formula is C10H6Cl2N2O. The molecule has 1 aliphatic heterocycles. The summed E-state index contributed by atoms with van der Waals surface area (Å²) in [5.41, 5.74) is 0.415. The second kappa shape index (κ2) is 3.76. The van der Waals surface area contributed by atoms with E-state index in [9.17, 15) is 4.79 Å². The minimum atomic E-state index is -0.350. The molecule has 0 spiro atoms. The van der Waals surface area contributed by atoms with Crippen LogP contribution in [0.4, 0.5) is 0 Å². The van der Waals surface area contributed by atoms with E-state index >= 15 is 0 Å². The molecule has 0 unspecified atom stereocenters. The predicted octanol–water partition coefficient (Wildman–Crippen LogP) is 1.16. The molecule has 0 aromatic heterocycles. The molecule has 0 atom stereocenters. The highest BCUT2D eigenvalue weighted by Crippen LogP contribution is 2.04. The normalized spacial score (nSPS) is 14.3. The fourth-order valence-electron chi connectivity index (χ4n) is 1.27. The Morgan fingerprint density at radius 1 is 1.33 bits per heavy atom. The summed E-state index contributed by atoms with van der Waals surface area (Å²) in [4.78, 5) is 19.4. The quantitative estimate of drug-likeness (QED) is 0.680. The maximum Gasteiger partial charge on any atom is 0.280 e. The Kier molecular flexibility index (Phi) is 2.59. The monoisotopic (exact) mass is 240 g/mol. The van der Waals surface area contributed by atoms with Gasteiger partial charge in [-0.3, -0.25) is 4.79 Å². The van der Waals surface area contributed by atoms with Gasteiger partial charge in [0.05, 0.1) is 16.8 Å². The van der Waals surface area contributed by atoms with Crippen LogP contribution in [0.5, 0.6) is 0 Å². The predicted molar refractivity (Wildman–Crippen MR) is 60.2 cm³/mol. The van der Waals surface area contributed by atoms with Crippen molar-refractivity contribution in [3.8, 4) is 0 Å². The first-order chi connectivity index (χ1) is 7.11. The van der Waals surface area contributed by atoms with Crippen LogP contribution in [-0.4, -0.2) is 17.6 Å². The number of hydrogen-bond acceptors (Lipinski definition) is 2. The van der Waals surface area contributed by atoms with E-state index in [0.717, 1.165) is 0 Å². The molecule has 1 aliphatic rings. The van der Waals surface area contributed by atoms with Gasteiger partial charge >= 0.3 is 0 Å². The molecule has 0 radical (unpaired) electrons. The highest BCUT2D eigenvalue weighted by atomic mass is 35.5. The third-order valence-electron chi connectivity index (χ3n) is 1.99. The number of alkyl halides is 1. The van der Waals surface area contributed by atoms with Crippen LogP contribution < -0.4 is 10.6 Å². The Bertz CT molecular complexity index is 578. The molecule has 1 heterocycles. The van der Waals surface area contributed by atoms with E-state index in [2.05, 4.69) is 16.6 Å². The molecule has 2 rings (SSSR count). The molecule has 1 amide bonds. The van der Waals surface area contributed by atoms with Gasteiger partial charge in [-0.2, -0.15) is 4.99 Å². The summed E-state index contributed by atoms with van der Waals surface area (Å²) in [5, 5.41) is 1.56. The number of rotatable bonds is 1. The van der Waals surface area contributed by atoms with E-state index in [1.165, 1.54) is 0 Å². The Morgan fingerprint density at radius 2 is 2.07 bits per heavy atom. The lowest BCUT2D eigenvalue weighted by molar-refractivity contribution is 0.1000. The molecule has 0 fully saturated rings. The van der Waals surface area contributed by atoms with Crippen molar-refractivity contribution in [3.05, 3.63) is 33.3 Å². The Labute approximate surface area is 95.8 Å². The van der Waals surface area contributed by atoms with Gasteiger partial charge in [0, 0.05) is 5.02 Å². The number of fused-ring (bicyclic) bond motifs is 1. The molecule has 5 heteroatoms. The largest absolute Gasteiger partial charge is 0.280 e. The molecule has 3 nitrogen and oxygen atoms in total. The smallest absolute Gasteiger partial charge is 0.267 e. The van der Waals surface area contributed by atoms with Gasteiger partial charge in [0.2, 0.25) is 0 Å². The van der Waals surface area contributed by atoms with E-state index in [0.29, 0.717) is 27.0 Å². The van der Waals surface area contributed by atoms with E-state index in [-0.39, 0.29) is 11.8 Å². The summed E-state index contributed by atoms with van der Waals surface area (Å²) >= 11 is 11.4. The first kappa shape index (κ1) is 10.3. The minimum absolute atomic E-state index is 0.106. The third-order valence-corrected chi connectivity index (χ3v) is 2.59. The van der Waals surface area contributed by atoms with Crippen molar-refractivity contribution in [2.24, 2.45) is 9.98 Å². The minimum Gasteiger partial charge on any atom is -0.267 e. The number of carbonyl (C=O) groups excluding carboxylic acids is 1. The van der Waals surface area contributed by atoms with Gasteiger partial charge in [0.15, 0.2) is 0 Å². The lowest BCUT2D eigenvalue weighted by atomic mass is 10.1. The van der Waals surface area contributed by atoms with Crippen LogP contribution in [0.3, 0.4) is 0 Å². The second-order valence-electron chi connectivity index (χ2n) is 3.04. The summed E-state index contributed by atoms with van der Waals surface area (Å²) in [6.07, 6.45) is 0. The van der Waals surface area contributed by atoms with Gasteiger partial charge in [-0.25, -0.2) is 4.99 Å². The number of halogens is 2.